The highest BCUT2D eigenvalue weighted by molar-refractivity contribution is 5.87. The summed E-state index contributed by atoms with van der Waals surface area (Å²) >= 11 is 0. The van der Waals surface area contributed by atoms with Gasteiger partial charge in [-0.15, -0.1) is 0 Å². The van der Waals surface area contributed by atoms with E-state index < -0.39 is 24.0 Å². The molecule has 1 aliphatic heterocycles. The summed E-state index contributed by atoms with van der Waals surface area (Å²) in [4.78, 5) is 34.2. The average molecular weight is 285 g/mol. The Balaban J connectivity index is 2.37. The molecule has 0 bridgehead atoms. The second-order valence-electron chi connectivity index (χ2n) is 5.50. The Hall–Kier alpha value is -1.79. The van der Waals surface area contributed by atoms with Crippen molar-refractivity contribution in [2.45, 2.75) is 39.2 Å². The topological polar surface area (TPSA) is 108 Å². The fourth-order valence-corrected chi connectivity index (χ4v) is 2.18. The van der Waals surface area contributed by atoms with E-state index in [2.05, 4.69) is 16.0 Å². The number of carboxylic acids is 1. The van der Waals surface area contributed by atoms with Crippen LogP contribution in [0.1, 0.15) is 33.1 Å². The van der Waals surface area contributed by atoms with E-state index in [1.165, 1.54) is 0 Å². The third-order valence-electron chi connectivity index (χ3n) is 3.20. The van der Waals surface area contributed by atoms with Gasteiger partial charge >= 0.3 is 12.0 Å². The number of hydrogen-bond donors (Lipinski definition) is 4. The van der Waals surface area contributed by atoms with Crippen LogP contribution in [0.3, 0.4) is 0 Å². The molecule has 4 N–H and O–H groups in total. The van der Waals surface area contributed by atoms with Crippen LogP contribution >= 0.6 is 0 Å². The molecule has 114 valence electrons. The second-order valence-corrected chi connectivity index (χ2v) is 5.50. The van der Waals surface area contributed by atoms with Crippen molar-refractivity contribution >= 4 is 17.9 Å². The average Bonchev–Trinajstić information content (AvgIpc) is 2.36. The Kier molecular flexibility index (Phi) is 6.27. The number of carboxylic acid groups (broad SMARTS) is 1. The maximum absolute atomic E-state index is 11.7. The van der Waals surface area contributed by atoms with E-state index in [-0.39, 0.29) is 18.4 Å². The van der Waals surface area contributed by atoms with E-state index in [0.29, 0.717) is 19.4 Å². The first-order valence-electron chi connectivity index (χ1n) is 6.95. The van der Waals surface area contributed by atoms with Crippen LogP contribution < -0.4 is 16.0 Å². The van der Waals surface area contributed by atoms with Crippen LogP contribution in [0.15, 0.2) is 0 Å². The first-order chi connectivity index (χ1) is 9.40. The molecule has 0 radical (unpaired) electrons. The predicted octanol–water partition coefficient (Wildman–Crippen LogP) is 0.311. The summed E-state index contributed by atoms with van der Waals surface area (Å²) in [6.07, 6.45) is 1.93. The fraction of sp³-hybridized carbons (Fsp3) is 0.769. The third-order valence-corrected chi connectivity index (χ3v) is 3.20. The minimum atomic E-state index is -0.922. The number of amides is 3. The van der Waals surface area contributed by atoms with Gasteiger partial charge in [0.25, 0.3) is 0 Å². The summed E-state index contributed by atoms with van der Waals surface area (Å²) in [5.74, 6) is -1.48. The van der Waals surface area contributed by atoms with Crippen LogP contribution in [-0.2, 0) is 9.59 Å². The zero-order chi connectivity index (χ0) is 15.1. The summed E-state index contributed by atoms with van der Waals surface area (Å²) < 4.78 is 0. The molecular formula is C13H23N3O4. The van der Waals surface area contributed by atoms with E-state index in [0.717, 1.165) is 6.42 Å². The van der Waals surface area contributed by atoms with Crippen molar-refractivity contribution in [1.29, 1.82) is 0 Å². The van der Waals surface area contributed by atoms with Gasteiger partial charge in [-0.25, -0.2) is 4.79 Å². The predicted molar refractivity (Wildman–Crippen MR) is 73.1 cm³/mol. The summed E-state index contributed by atoms with van der Waals surface area (Å²) in [5, 5.41) is 16.8. The molecule has 1 saturated heterocycles. The maximum atomic E-state index is 11.7. The highest BCUT2D eigenvalue weighted by atomic mass is 16.4. The maximum Gasteiger partial charge on any atom is 0.315 e. The van der Waals surface area contributed by atoms with E-state index in [9.17, 15) is 14.4 Å². The van der Waals surface area contributed by atoms with Crippen molar-refractivity contribution in [2.24, 2.45) is 11.8 Å². The Labute approximate surface area is 118 Å². The lowest BCUT2D eigenvalue weighted by Crippen LogP contribution is -2.53. The molecule has 0 saturated carbocycles. The van der Waals surface area contributed by atoms with Crippen LogP contribution in [0.25, 0.3) is 0 Å². The quantitative estimate of drug-likeness (QED) is 0.563. The number of carbonyl (C=O) groups excluding carboxylic acids is 2. The normalized spacial score (nSPS) is 20.1. The lowest BCUT2D eigenvalue weighted by molar-refractivity contribution is -0.142. The fourth-order valence-electron chi connectivity index (χ4n) is 2.18. The summed E-state index contributed by atoms with van der Waals surface area (Å²) in [7, 11) is 0. The minimum absolute atomic E-state index is 0.0632. The van der Waals surface area contributed by atoms with Gasteiger partial charge in [-0.05, 0) is 25.2 Å². The highest BCUT2D eigenvalue weighted by Gasteiger charge is 2.24. The molecule has 0 aromatic rings. The van der Waals surface area contributed by atoms with Crippen LogP contribution in [0, 0.1) is 11.8 Å². The number of rotatable bonds is 6. The molecule has 1 fully saturated rings. The molecule has 3 amide bonds. The molecule has 1 aliphatic rings. The number of piperidine rings is 1. The van der Waals surface area contributed by atoms with E-state index in [4.69, 9.17) is 5.11 Å². The van der Waals surface area contributed by atoms with Crippen molar-refractivity contribution in [3.8, 4) is 0 Å². The Morgan fingerprint density at radius 1 is 1.45 bits per heavy atom. The van der Waals surface area contributed by atoms with Gasteiger partial charge in [-0.2, -0.15) is 0 Å². The number of urea groups is 1. The van der Waals surface area contributed by atoms with E-state index in [1.807, 2.05) is 13.8 Å². The molecule has 7 nitrogen and oxygen atoms in total. The summed E-state index contributed by atoms with van der Waals surface area (Å²) in [6, 6.07) is -1.03. The van der Waals surface area contributed by atoms with Gasteiger partial charge in [0.2, 0.25) is 5.91 Å². The SMILES string of the molecule is CC(C)CC(CNC(=O)NC1CCCNC1=O)C(=O)O. The van der Waals surface area contributed by atoms with Crippen molar-refractivity contribution < 1.29 is 19.5 Å². The molecule has 0 aromatic heterocycles. The van der Waals surface area contributed by atoms with Crippen LogP contribution in [0.2, 0.25) is 0 Å². The molecular weight excluding hydrogens is 262 g/mol. The molecule has 2 unspecified atom stereocenters. The highest BCUT2D eigenvalue weighted by Crippen LogP contribution is 2.11. The molecule has 0 aliphatic carbocycles. The molecule has 2 atom stereocenters. The Morgan fingerprint density at radius 2 is 2.15 bits per heavy atom. The van der Waals surface area contributed by atoms with Crippen molar-refractivity contribution in [3.63, 3.8) is 0 Å². The van der Waals surface area contributed by atoms with Crippen LogP contribution in [-0.4, -0.2) is 42.1 Å². The minimum Gasteiger partial charge on any atom is -0.481 e. The number of carbonyl (C=O) groups is 3. The first kappa shape index (κ1) is 16.3. The summed E-state index contributed by atoms with van der Waals surface area (Å²) in [5.41, 5.74) is 0. The van der Waals surface area contributed by atoms with Gasteiger partial charge < -0.3 is 21.1 Å². The molecule has 7 heteroatoms. The van der Waals surface area contributed by atoms with Gasteiger partial charge in [-0.3, -0.25) is 9.59 Å². The van der Waals surface area contributed by atoms with Crippen molar-refractivity contribution in [3.05, 3.63) is 0 Å². The van der Waals surface area contributed by atoms with Crippen LogP contribution in [0.4, 0.5) is 4.79 Å². The van der Waals surface area contributed by atoms with E-state index >= 15 is 0 Å². The number of hydrogen-bond acceptors (Lipinski definition) is 3. The van der Waals surface area contributed by atoms with Crippen molar-refractivity contribution in [1.82, 2.24) is 16.0 Å². The van der Waals surface area contributed by atoms with E-state index in [1.54, 1.807) is 0 Å². The molecule has 0 spiro atoms. The molecule has 20 heavy (non-hydrogen) atoms. The first-order valence-corrected chi connectivity index (χ1v) is 6.95. The monoisotopic (exact) mass is 285 g/mol. The number of aliphatic carboxylic acids is 1. The molecule has 1 rings (SSSR count). The smallest absolute Gasteiger partial charge is 0.315 e. The van der Waals surface area contributed by atoms with Crippen LogP contribution in [0.5, 0.6) is 0 Å². The van der Waals surface area contributed by atoms with Gasteiger partial charge in [-0.1, -0.05) is 13.8 Å². The Bertz CT molecular complexity index is 371. The van der Waals surface area contributed by atoms with Crippen molar-refractivity contribution in [2.75, 3.05) is 13.1 Å². The summed E-state index contributed by atoms with van der Waals surface area (Å²) in [6.45, 7) is 4.56. The third kappa shape index (κ3) is 5.46. The largest absolute Gasteiger partial charge is 0.481 e. The van der Waals surface area contributed by atoms with Gasteiger partial charge in [0.05, 0.1) is 5.92 Å². The second kappa shape index (κ2) is 7.72. The Morgan fingerprint density at radius 3 is 2.70 bits per heavy atom. The molecule has 0 aromatic carbocycles. The number of nitrogens with one attached hydrogen (secondary N) is 3. The standard InChI is InChI=1S/C13H23N3O4/c1-8(2)6-9(12(18)19)7-15-13(20)16-10-4-3-5-14-11(10)17/h8-10H,3-7H2,1-2H3,(H,14,17)(H,18,19)(H2,15,16,20). The lowest BCUT2D eigenvalue weighted by Gasteiger charge is -2.23. The zero-order valence-corrected chi connectivity index (χ0v) is 11.9. The van der Waals surface area contributed by atoms with Gasteiger partial charge in [0.15, 0.2) is 0 Å². The zero-order valence-electron chi connectivity index (χ0n) is 11.9. The molecule has 1 heterocycles. The van der Waals surface area contributed by atoms with Gasteiger partial charge in [0, 0.05) is 13.1 Å². The van der Waals surface area contributed by atoms with Gasteiger partial charge in [0.1, 0.15) is 6.04 Å². The lowest BCUT2D eigenvalue weighted by atomic mass is 9.97.